The van der Waals surface area contributed by atoms with Gasteiger partial charge in [-0.05, 0) is 78.7 Å². The van der Waals surface area contributed by atoms with Crippen LogP contribution >= 0.6 is 23.2 Å². The number of para-hydroxylation sites is 2. The molecule has 212 valence electrons. The van der Waals surface area contributed by atoms with Crippen LogP contribution < -0.4 is 14.8 Å². The SMILES string of the molecule is CN(CCc1ccncc1)C(=O)CNC(=O)c1ccc(S(=O)(=O)Nc2ccccc2Oc2ccc(Cl)cc2Cl)cc1. The normalized spacial score (nSPS) is 11.0. The molecule has 0 bridgehead atoms. The van der Waals surface area contributed by atoms with E-state index in [1.54, 1.807) is 55.8 Å². The average Bonchev–Trinajstić information content (AvgIpc) is 2.97. The first kappa shape index (κ1) is 29.9. The van der Waals surface area contributed by atoms with E-state index in [1.807, 2.05) is 12.1 Å². The highest BCUT2D eigenvalue weighted by Crippen LogP contribution is 2.35. The van der Waals surface area contributed by atoms with Gasteiger partial charge in [0.2, 0.25) is 5.91 Å². The van der Waals surface area contributed by atoms with E-state index in [2.05, 4.69) is 15.0 Å². The van der Waals surface area contributed by atoms with Gasteiger partial charge in [0.1, 0.15) is 5.75 Å². The van der Waals surface area contributed by atoms with Crippen LogP contribution in [0.3, 0.4) is 0 Å². The standard InChI is InChI=1S/C29H26Cl2N4O5S/c1-35(17-14-20-12-15-32-16-13-20)28(36)19-33-29(37)21-6-9-23(10-7-21)41(38,39)34-25-4-2-3-5-27(25)40-26-11-8-22(30)18-24(26)31/h2-13,15-16,18,34H,14,17,19H2,1H3,(H,33,37). The lowest BCUT2D eigenvalue weighted by Gasteiger charge is -2.17. The second-order valence-electron chi connectivity index (χ2n) is 8.91. The highest BCUT2D eigenvalue weighted by atomic mass is 35.5. The van der Waals surface area contributed by atoms with Crippen LogP contribution in [0.1, 0.15) is 15.9 Å². The molecular formula is C29H26Cl2N4O5S. The maximum atomic E-state index is 13.1. The van der Waals surface area contributed by atoms with Gasteiger partial charge in [-0.25, -0.2) is 8.42 Å². The zero-order valence-corrected chi connectivity index (χ0v) is 24.2. The molecule has 4 aromatic rings. The minimum Gasteiger partial charge on any atom is -0.454 e. The molecule has 0 aliphatic rings. The molecule has 1 heterocycles. The molecule has 0 spiro atoms. The summed E-state index contributed by atoms with van der Waals surface area (Å²) in [6.45, 7) is 0.293. The number of ether oxygens (including phenoxy) is 1. The number of carbonyl (C=O) groups excluding carboxylic acids is 2. The number of rotatable bonds is 11. The van der Waals surface area contributed by atoms with Gasteiger partial charge in [-0.15, -0.1) is 0 Å². The third kappa shape index (κ3) is 8.20. The number of likely N-dealkylation sites (N-methyl/N-ethyl adjacent to an activating group) is 1. The number of hydrogen-bond donors (Lipinski definition) is 2. The highest BCUT2D eigenvalue weighted by molar-refractivity contribution is 7.92. The minimum atomic E-state index is -4.03. The van der Waals surface area contributed by atoms with Crippen molar-refractivity contribution in [2.24, 2.45) is 0 Å². The fraction of sp³-hybridized carbons (Fsp3) is 0.138. The van der Waals surface area contributed by atoms with Crippen molar-refractivity contribution < 1.29 is 22.7 Å². The van der Waals surface area contributed by atoms with E-state index in [9.17, 15) is 18.0 Å². The van der Waals surface area contributed by atoms with Gasteiger partial charge in [-0.2, -0.15) is 0 Å². The van der Waals surface area contributed by atoms with Gasteiger partial charge in [-0.3, -0.25) is 19.3 Å². The summed E-state index contributed by atoms with van der Waals surface area (Å²) >= 11 is 12.1. The van der Waals surface area contributed by atoms with Crippen molar-refractivity contribution in [3.8, 4) is 11.5 Å². The van der Waals surface area contributed by atoms with E-state index in [0.29, 0.717) is 23.7 Å². The summed E-state index contributed by atoms with van der Waals surface area (Å²) < 4.78 is 34.5. The average molecular weight is 614 g/mol. The molecule has 0 unspecified atom stereocenters. The number of aromatic nitrogens is 1. The van der Waals surface area contributed by atoms with Gasteiger partial charge in [0.25, 0.3) is 15.9 Å². The molecule has 2 N–H and O–H groups in total. The summed E-state index contributed by atoms with van der Waals surface area (Å²) in [7, 11) is -2.37. The number of hydrogen-bond acceptors (Lipinski definition) is 6. The van der Waals surface area contributed by atoms with Gasteiger partial charge in [0.05, 0.1) is 22.2 Å². The maximum absolute atomic E-state index is 13.1. The quantitative estimate of drug-likeness (QED) is 0.234. The molecule has 0 fully saturated rings. The summed E-state index contributed by atoms with van der Waals surface area (Å²) in [6, 6.07) is 20.3. The van der Waals surface area contributed by atoms with Crippen LogP contribution in [-0.2, 0) is 21.2 Å². The van der Waals surface area contributed by atoms with Crippen LogP contribution in [0, 0.1) is 0 Å². The molecule has 4 rings (SSSR count). The molecule has 0 saturated carbocycles. The van der Waals surface area contributed by atoms with Crippen LogP contribution in [-0.4, -0.2) is 50.3 Å². The number of nitrogens with zero attached hydrogens (tertiary/aromatic N) is 2. The molecule has 0 aliphatic heterocycles. The van der Waals surface area contributed by atoms with E-state index in [4.69, 9.17) is 27.9 Å². The molecule has 41 heavy (non-hydrogen) atoms. The van der Waals surface area contributed by atoms with Crippen molar-refractivity contribution in [3.05, 3.63) is 112 Å². The van der Waals surface area contributed by atoms with Crippen molar-refractivity contribution in [3.63, 3.8) is 0 Å². The molecular weight excluding hydrogens is 587 g/mol. The van der Waals surface area contributed by atoms with Crippen LogP contribution in [0.4, 0.5) is 5.69 Å². The predicted octanol–water partition coefficient (Wildman–Crippen LogP) is 5.41. The van der Waals surface area contributed by atoms with E-state index < -0.39 is 15.9 Å². The van der Waals surface area contributed by atoms with Crippen LogP contribution in [0.5, 0.6) is 11.5 Å². The Balaban J connectivity index is 1.35. The third-order valence-corrected chi connectivity index (χ3v) is 7.90. The largest absolute Gasteiger partial charge is 0.454 e. The van der Waals surface area contributed by atoms with Crippen LogP contribution in [0.2, 0.25) is 10.0 Å². The van der Waals surface area contributed by atoms with E-state index in [0.717, 1.165) is 5.56 Å². The minimum absolute atomic E-state index is 0.0692. The lowest BCUT2D eigenvalue weighted by atomic mass is 10.2. The topological polar surface area (TPSA) is 118 Å². The second-order valence-corrected chi connectivity index (χ2v) is 11.4. The molecule has 0 atom stereocenters. The summed E-state index contributed by atoms with van der Waals surface area (Å²) in [5.41, 5.74) is 1.44. The zero-order valence-electron chi connectivity index (χ0n) is 21.9. The fourth-order valence-electron chi connectivity index (χ4n) is 3.67. The predicted molar refractivity (Wildman–Crippen MR) is 158 cm³/mol. The van der Waals surface area contributed by atoms with Crippen molar-refractivity contribution in [1.29, 1.82) is 0 Å². The van der Waals surface area contributed by atoms with Gasteiger partial charge >= 0.3 is 0 Å². The third-order valence-electron chi connectivity index (χ3n) is 5.98. The molecule has 1 aromatic heterocycles. The Morgan fingerprint density at radius 1 is 0.927 bits per heavy atom. The lowest BCUT2D eigenvalue weighted by Crippen LogP contribution is -2.39. The monoisotopic (exact) mass is 612 g/mol. The molecule has 0 radical (unpaired) electrons. The number of nitrogens with one attached hydrogen (secondary N) is 2. The number of pyridine rings is 1. The van der Waals surface area contributed by atoms with Crippen molar-refractivity contribution >= 4 is 50.7 Å². The summed E-state index contributed by atoms with van der Waals surface area (Å²) in [4.78, 5) is 30.4. The van der Waals surface area contributed by atoms with E-state index in [-0.39, 0.29) is 39.4 Å². The Labute approximate surface area is 248 Å². The van der Waals surface area contributed by atoms with Gasteiger partial charge in [0.15, 0.2) is 5.75 Å². The van der Waals surface area contributed by atoms with Crippen molar-refractivity contribution in [2.75, 3.05) is 24.9 Å². The number of carbonyl (C=O) groups is 2. The van der Waals surface area contributed by atoms with Crippen LogP contribution in [0.15, 0.2) is 96.2 Å². The first-order chi connectivity index (χ1) is 19.6. The van der Waals surface area contributed by atoms with Gasteiger partial charge < -0.3 is 15.0 Å². The Hall–Kier alpha value is -4.12. The molecule has 2 amide bonds. The van der Waals surface area contributed by atoms with Gasteiger partial charge in [0, 0.05) is 36.6 Å². The van der Waals surface area contributed by atoms with Crippen molar-refractivity contribution in [1.82, 2.24) is 15.2 Å². The number of sulfonamides is 1. The Bertz CT molecular complexity index is 1640. The Morgan fingerprint density at radius 2 is 1.63 bits per heavy atom. The smallest absolute Gasteiger partial charge is 0.262 e. The van der Waals surface area contributed by atoms with E-state index in [1.165, 1.54) is 35.2 Å². The summed E-state index contributed by atoms with van der Waals surface area (Å²) in [6.07, 6.45) is 4.04. The molecule has 12 heteroatoms. The summed E-state index contributed by atoms with van der Waals surface area (Å²) in [5, 5.41) is 3.27. The number of benzene rings is 3. The van der Waals surface area contributed by atoms with E-state index >= 15 is 0 Å². The fourth-order valence-corrected chi connectivity index (χ4v) is 5.19. The molecule has 3 aromatic carbocycles. The van der Waals surface area contributed by atoms with Crippen LogP contribution in [0.25, 0.3) is 0 Å². The Kier molecular flexibility index (Phi) is 9.82. The molecule has 0 saturated heterocycles. The highest BCUT2D eigenvalue weighted by Gasteiger charge is 2.19. The maximum Gasteiger partial charge on any atom is 0.262 e. The number of halogens is 2. The molecule has 9 nitrogen and oxygen atoms in total. The lowest BCUT2D eigenvalue weighted by molar-refractivity contribution is -0.128. The number of anilines is 1. The first-order valence-electron chi connectivity index (χ1n) is 12.4. The van der Waals surface area contributed by atoms with Gasteiger partial charge in [-0.1, -0.05) is 35.3 Å². The molecule has 0 aliphatic carbocycles. The van der Waals surface area contributed by atoms with Crippen molar-refractivity contribution in [2.45, 2.75) is 11.3 Å². The second kappa shape index (κ2) is 13.5. The first-order valence-corrected chi connectivity index (χ1v) is 14.6. The Morgan fingerprint density at radius 3 is 2.34 bits per heavy atom. The number of amides is 2. The summed E-state index contributed by atoms with van der Waals surface area (Å²) in [5.74, 6) is -0.226. The zero-order chi connectivity index (χ0) is 29.4.